The minimum absolute atomic E-state index is 0.0403. The second-order valence-corrected chi connectivity index (χ2v) is 12.6. The molecule has 0 radical (unpaired) electrons. The fraction of sp³-hybridized carbons (Fsp3) is 0.375. The zero-order valence-electron chi connectivity index (χ0n) is 25.1. The molecule has 3 aromatic rings. The first kappa shape index (κ1) is 32.9. The van der Waals surface area contributed by atoms with Gasteiger partial charge in [0.15, 0.2) is 0 Å². The first-order valence-electron chi connectivity index (χ1n) is 14.0. The molecular weight excluding hydrogens is 574 g/mol. The number of hydrogen-bond acceptors (Lipinski definition) is 5. The van der Waals surface area contributed by atoms with E-state index in [1.54, 1.807) is 49.6 Å². The van der Waals surface area contributed by atoms with Crippen molar-refractivity contribution in [2.45, 2.75) is 71.0 Å². The molecule has 226 valence electrons. The quantitative estimate of drug-likeness (QED) is 0.260. The second-order valence-electron chi connectivity index (χ2n) is 10.4. The second kappa shape index (κ2) is 14.6. The third-order valence-corrected chi connectivity index (χ3v) is 9.40. The van der Waals surface area contributed by atoms with Crippen LogP contribution in [0, 0.1) is 13.8 Å². The summed E-state index contributed by atoms with van der Waals surface area (Å²) in [6.07, 6.45) is 1.06. The van der Waals surface area contributed by atoms with Gasteiger partial charge in [0.25, 0.3) is 10.0 Å². The lowest BCUT2D eigenvalue weighted by atomic mass is 10.1. The molecule has 42 heavy (non-hydrogen) atoms. The van der Waals surface area contributed by atoms with E-state index < -0.39 is 28.5 Å². The Morgan fingerprint density at radius 3 is 2.26 bits per heavy atom. The van der Waals surface area contributed by atoms with E-state index in [1.807, 2.05) is 40.7 Å². The van der Waals surface area contributed by atoms with E-state index in [4.69, 9.17) is 16.3 Å². The normalized spacial score (nSPS) is 12.7. The maximum atomic E-state index is 14.2. The number of ether oxygens (including phenoxy) is 1. The molecular formula is C32H40ClN3O5S. The van der Waals surface area contributed by atoms with Gasteiger partial charge in [-0.25, -0.2) is 8.42 Å². The molecule has 10 heteroatoms. The average Bonchev–Trinajstić information content (AvgIpc) is 2.97. The summed E-state index contributed by atoms with van der Waals surface area (Å²) in [6, 6.07) is 17.6. The zero-order chi connectivity index (χ0) is 31.0. The summed E-state index contributed by atoms with van der Waals surface area (Å²) in [6.45, 7) is 8.91. The predicted molar refractivity (Wildman–Crippen MR) is 167 cm³/mol. The molecule has 0 aromatic heterocycles. The number of nitrogens with one attached hydrogen (secondary N) is 1. The molecule has 0 aliphatic carbocycles. The standard InChI is InChI=1S/C32H40ClN3O5S/c1-7-24(5)34-32(38)30(8-2)35(20-25-10-9-11-27(18-25)41-6)31(37)21-36(26-15-14-23(4)29(33)19-26)42(39,40)28-16-12-22(3)13-17-28/h9-19,24,30H,7-8,20-21H2,1-6H3,(H,34,38). The lowest BCUT2D eigenvalue weighted by Gasteiger charge is -2.34. The fourth-order valence-corrected chi connectivity index (χ4v) is 6.01. The Balaban J connectivity index is 2.09. The molecule has 0 bridgehead atoms. The third kappa shape index (κ3) is 8.04. The molecule has 0 aliphatic rings. The van der Waals surface area contributed by atoms with Crippen molar-refractivity contribution < 1.29 is 22.7 Å². The Labute approximate surface area is 254 Å². The van der Waals surface area contributed by atoms with Crippen molar-refractivity contribution >= 4 is 39.1 Å². The van der Waals surface area contributed by atoms with Gasteiger partial charge < -0.3 is 15.0 Å². The van der Waals surface area contributed by atoms with E-state index in [0.29, 0.717) is 17.2 Å². The molecule has 3 aromatic carbocycles. The van der Waals surface area contributed by atoms with E-state index in [2.05, 4.69) is 5.32 Å². The smallest absolute Gasteiger partial charge is 0.264 e. The highest BCUT2D eigenvalue weighted by Gasteiger charge is 2.34. The zero-order valence-corrected chi connectivity index (χ0v) is 26.6. The van der Waals surface area contributed by atoms with Crippen molar-refractivity contribution in [2.24, 2.45) is 0 Å². The van der Waals surface area contributed by atoms with Crippen LogP contribution in [0.5, 0.6) is 5.75 Å². The van der Waals surface area contributed by atoms with Crippen LogP contribution in [0.25, 0.3) is 0 Å². The van der Waals surface area contributed by atoms with Gasteiger partial charge in [-0.05, 0) is 81.1 Å². The van der Waals surface area contributed by atoms with E-state index in [9.17, 15) is 18.0 Å². The van der Waals surface area contributed by atoms with Crippen molar-refractivity contribution in [1.82, 2.24) is 10.2 Å². The third-order valence-electron chi connectivity index (χ3n) is 7.21. The van der Waals surface area contributed by atoms with Crippen LogP contribution >= 0.6 is 11.6 Å². The number of sulfonamides is 1. The summed E-state index contributed by atoms with van der Waals surface area (Å²) >= 11 is 6.40. The highest BCUT2D eigenvalue weighted by Crippen LogP contribution is 2.29. The Hall–Kier alpha value is -3.56. The van der Waals surface area contributed by atoms with Gasteiger partial charge in [0.05, 0.1) is 17.7 Å². The number of methoxy groups -OCH3 is 1. The molecule has 0 spiro atoms. The number of anilines is 1. The van der Waals surface area contributed by atoms with Crippen molar-refractivity contribution in [2.75, 3.05) is 18.0 Å². The number of rotatable bonds is 13. The van der Waals surface area contributed by atoms with Crippen LogP contribution < -0.4 is 14.4 Å². The number of nitrogens with zero attached hydrogens (tertiary/aromatic N) is 2. The van der Waals surface area contributed by atoms with Crippen molar-refractivity contribution in [3.63, 3.8) is 0 Å². The van der Waals surface area contributed by atoms with Gasteiger partial charge in [0.2, 0.25) is 11.8 Å². The number of amides is 2. The van der Waals surface area contributed by atoms with Gasteiger partial charge in [-0.2, -0.15) is 0 Å². The van der Waals surface area contributed by atoms with Crippen LogP contribution in [0.15, 0.2) is 71.6 Å². The number of carbonyl (C=O) groups is 2. The predicted octanol–water partition coefficient (Wildman–Crippen LogP) is 5.88. The van der Waals surface area contributed by atoms with E-state index in [0.717, 1.165) is 27.4 Å². The van der Waals surface area contributed by atoms with Gasteiger partial charge in [-0.1, -0.05) is 61.3 Å². The average molecular weight is 614 g/mol. The van der Waals surface area contributed by atoms with Crippen LogP contribution in [0.3, 0.4) is 0 Å². The van der Waals surface area contributed by atoms with Crippen LogP contribution in [0.2, 0.25) is 5.02 Å². The highest BCUT2D eigenvalue weighted by atomic mass is 35.5. The van der Waals surface area contributed by atoms with Crippen LogP contribution in [0.4, 0.5) is 5.69 Å². The van der Waals surface area contributed by atoms with Gasteiger partial charge >= 0.3 is 0 Å². The lowest BCUT2D eigenvalue weighted by molar-refractivity contribution is -0.140. The van der Waals surface area contributed by atoms with Crippen LogP contribution in [-0.4, -0.2) is 50.9 Å². The summed E-state index contributed by atoms with van der Waals surface area (Å²) in [7, 11) is -2.63. The number of halogens is 1. The highest BCUT2D eigenvalue weighted by molar-refractivity contribution is 7.92. The molecule has 8 nitrogen and oxygen atoms in total. The molecule has 0 heterocycles. The molecule has 2 amide bonds. The number of aryl methyl sites for hydroxylation is 2. The van der Waals surface area contributed by atoms with Gasteiger partial charge in [-0.15, -0.1) is 0 Å². The minimum atomic E-state index is -4.18. The summed E-state index contributed by atoms with van der Waals surface area (Å²) in [5.41, 5.74) is 2.66. The first-order valence-corrected chi connectivity index (χ1v) is 15.8. The van der Waals surface area contributed by atoms with E-state index in [1.165, 1.54) is 23.1 Å². The van der Waals surface area contributed by atoms with E-state index in [-0.39, 0.29) is 29.1 Å². The molecule has 0 saturated carbocycles. The molecule has 2 atom stereocenters. The molecule has 3 rings (SSSR count). The Morgan fingerprint density at radius 1 is 0.976 bits per heavy atom. The Kier molecular flexibility index (Phi) is 11.4. The molecule has 0 aliphatic heterocycles. The SMILES string of the molecule is CCC(C)NC(=O)C(CC)N(Cc1cccc(OC)c1)C(=O)CN(c1ccc(C)c(Cl)c1)S(=O)(=O)c1ccc(C)cc1. The maximum absolute atomic E-state index is 14.2. The number of hydrogen-bond donors (Lipinski definition) is 1. The van der Waals surface area contributed by atoms with Gasteiger partial charge in [-0.3, -0.25) is 13.9 Å². The number of benzene rings is 3. The summed E-state index contributed by atoms with van der Waals surface area (Å²) in [5.74, 6) is -0.222. The van der Waals surface area contributed by atoms with Gasteiger partial charge in [0, 0.05) is 17.6 Å². The first-order chi connectivity index (χ1) is 19.9. The van der Waals surface area contributed by atoms with Crippen molar-refractivity contribution in [3.8, 4) is 5.75 Å². The molecule has 0 fully saturated rings. The van der Waals surface area contributed by atoms with Crippen molar-refractivity contribution in [3.05, 3.63) is 88.4 Å². The lowest BCUT2D eigenvalue weighted by Crippen LogP contribution is -2.53. The Bertz CT molecular complexity index is 1490. The largest absolute Gasteiger partial charge is 0.497 e. The fourth-order valence-electron chi connectivity index (χ4n) is 4.43. The maximum Gasteiger partial charge on any atom is 0.264 e. The van der Waals surface area contributed by atoms with Crippen LogP contribution in [-0.2, 0) is 26.2 Å². The summed E-state index contributed by atoms with van der Waals surface area (Å²) in [4.78, 5) is 29.1. The van der Waals surface area contributed by atoms with Crippen LogP contribution in [0.1, 0.15) is 50.3 Å². The molecule has 1 N–H and O–H groups in total. The molecule has 0 saturated heterocycles. The topological polar surface area (TPSA) is 96.0 Å². The monoisotopic (exact) mass is 613 g/mol. The Morgan fingerprint density at radius 2 is 1.67 bits per heavy atom. The minimum Gasteiger partial charge on any atom is -0.497 e. The van der Waals surface area contributed by atoms with E-state index >= 15 is 0 Å². The van der Waals surface area contributed by atoms with Gasteiger partial charge in [0.1, 0.15) is 18.3 Å². The summed E-state index contributed by atoms with van der Waals surface area (Å²) in [5, 5.41) is 3.35. The molecule has 2 unspecified atom stereocenters. The van der Waals surface area contributed by atoms with Crippen molar-refractivity contribution in [1.29, 1.82) is 0 Å². The summed E-state index contributed by atoms with van der Waals surface area (Å²) < 4.78 is 34.4. The number of carbonyl (C=O) groups excluding carboxylic acids is 2.